The van der Waals surface area contributed by atoms with Gasteiger partial charge in [0.1, 0.15) is 0 Å². The van der Waals surface area contributed by atoms with Crippen LogP contribution in [0, 0.1) is 10.1 Å². The van der Waals surface area contributed by atoms with Gasteiger partial charge in [-0.25, -0.2) is 9.79 Å². The third-order valence-corrected chi connectivity index (χ3v) is 8.88. The molecule has 2 aliphatic heterocycles. The number of benzene rings is 2. The van der Waals surface area contributed by atoms with E-state index in [1.54, 1.807) is 42.3 Å². The summed E-state index contributed by atoms with van der Waals surface area (Å²) in [5.74, 6) is -0.511. The third kappa shape index (κ3) is 5.35. The Labute approximate surface area is 239 Å². The largest absolute Gasteiger partial charge is 0.463 e. The van der Waals surface area contributed by atoms with Crippen molar-refractivity contribution >= 4 is 46.5 Å². The summed E-state index contributed by atoms with van der Waals surface area (Å²) < 4.78 is 7.31. The molecule has 1 aromatic heterocycles. The number of thiazole rings is 1. The summed E-state index contributed by atoms with van der Waals surface area (Å²) in [5, 5.41) is 11.6. The van der Waals surface area contributed by atoms with Gasteiger partial charge < -0.3 is 9.64 Å². The SMILES string of the molecule is CCOC(=O)C1=C(C)N=c2s/c(=C/c3cc([N+](=O)[O-])ccc3N3CCCCC3)c(=O)n2[C@H]1c1ccc(SC)cc1. The van der Waals surface area contributed by atoms with Crippen LogP contribution in [-0.4, -0.2) is 41.4 Å². The normalized spacial score (nSPS) is 17.4. The predicted molar refractivity (Wildman–Crippen MR) is 158 cm³/mol. The molecule has 208 valence electrons. The zero-order valence-corrected chi connectivity index (χ0v) is 24.2. The monoisotopic (exact) mass is 578 g/mol. The lowest BCUT2D eigenvalue weighted by Crippen LogP contribution is -2.40. The van der Waals surface area contributed by atoms with E-state index < -0.39 is 16.9 Å². The average Bonchev–Trinajstić information content (AvgIpc) is 3.26. The number of fused-ring (bicyclic) bond motifs is 1. The van der Waals surface area contributed by atoms with Gasteiger partial charge in [0.25, 0.3) is 11.2 Å². The first kappa shape index (κ1) is 27.9. The third-order valence-electron chi connectivity index (χ3n) is 7.15. The Morgan fingerprint density at radius 2 is 1.93 bits per heavy atom. The number of hydrogen-bond donors (Lipinski definition) is 0. The second kappa shape index (κ2) is 11.8. The van der Waals surface area contributed by atoms with Gasteiger partial charge >= 0.3 is 5.97 Å². The van der Waals surface area contributed by atoms with Gasteiger partial charge in [-0.15, -0.1) is 11.8 Å². The number of carbonyl (C=O) groups is 1. The number of nitro benzene ring substituents is 1. The van der Waals surface area contributed by atoms with Crippen LogP contribution >= 0.6 is 23.1 Å². The molecule has 5 rings (SSSR count). The Bertz CT molecular complexity index is 1670. The molecule has 3 aromatic rings. The maximum Gasteiger partial charge on any atom is 0.338 e. The highest BCUT2D eigenvalue weighted by Crippen LogP contribution is 2.32. The molecule has 0 aliphatic carbocycles. The molecular formula is C29H30N4O5S2. The van der Waals surface area contributed by atoms with Gasteiger partial charge in [0.05, 0.1) is 33.4 Å². The molecule has 1 fully saturated rings. The molecule has 0 radical (unpaired) electrons. The molecule has 0 amide bonds. The van der Waals surface area contributed by atoms with Gasteiger partial charge in [0.15, 0.2) is 4.80 Å². The van der Waals surface area contributed by atoms with Crippen molar-refractivity contribution < 1.29 is 14.5 Å². The van der Waals surface area contributed by atoms with Gasteiger partial charge in [-0.05, 0) is 69.2 Å². The molecule has 0 unspecified atom stereocenters. The van der Waals surface area contributed by atoms with E-state index >= 15 is 0 Å². The molecule has 0 spiro atoms. The van der Waals surface area contributed by atoms with E-state index in [0.717, 1.165) is 48.5 Å². The van der Waals surface area contributed by atoms with Crippen LogP contribution in [0.25, 0.3) is 6.08 Å². The quantitative estimate of drug-likeness (QED) is 0.177. The van der Waals surface area contributed by atoms with Crippen LogP contribution < -0.4 is 19.8 Å². The highest BCUT2D eigenvalue weighted by molar-refractivity contribution is 7.98. The van der Waals surface area contributed by atoms with Crippen molar-refractivity contribution in [3.63, 3.8) is 0 Å². The zero-order valence-electron chi connectivity index (χ0n) is 22.6. The Hall–Kier alpha value is -3.70. The van der Waals surface area contributed by atoms with Crippen molar-refractivity contribution in [2.45, 2.75) is 44.0 Å². The number of piperidine rings is 1. The molecule has 3 heterocycles. The Kier molecular flexibility index (Phi) is 8.22. The summed E-state index contributed by atoms with van der Waals surface area (Å²) in [7, 11) is 0. The van der Waals surface area contributed by atoms with Gasteiger partial charge in [0, 0.05) is 41.4 Å². The topological polar surface area (TPSA) is 107 Å². The van der Waals surface area contributed by atoms with Crippen LogP contribution in [0.4, 0.5) is 11.4 Å². The molecule has 11 heteroatoms. The van der Waals surface area contributed by atoms with E-state index in [0.29, 0.717) is 26.2 Å². The number of ether oxygens (including phenoxy) is 1. The number of carbonyl (C=O) groups excluding carboxylic acids is 1. The second-order valence-corrected chi connectivity index (χ2v) is 11.5. The van der Waals surface area contributed by atoms with Gasteiger partial charge in [-0.3, -0.25) is 19.5 Å². The van der Waals surface area contributed by atoms with Crippen molar-refractivity contribution in [1.29, 1.82) is 0 Å². The minimum absolute atomic E-state index is 0.0352. The average molecular weight is 579 g/mol. The number of aromatic nitrogens is 1. The summed E-state index contributed by atoms with van der Waals surface area (Å²) in [5.41, 5.74) is 2.72. The lowest BCUT2D eigenvalue weighted by atomic mass is 9.96. The van der Waals surface area contributed by atoms with E-state index in [-0.39, 0.29) is 17.9 Å². The molecule has 0 bridgehead atoms. The van der Waals surface area contributed by atoms with Crippen molar-refractivity contribution in [1.82, 2.24) is 4.57 Å². The van der Waals surface area contributed by atoms with Crippen LogP contribution in [0.3, 0.4) is 0 Å². The van der Waals surface area contributed by atoms with Crippen molar-refractivity contribution in [2.75, 3.05) is 30.9 Å². The number of esters is 1. The fourth-order valence-corrected chi connectivity index (χ4v) is 6.67. The van der Waals surface area contributed by atoms with Crippen LogP contribution in [0.5, 0.6) is 0 Å². The van der Waals surface area contributed by atoms with Gasteiger partial charge in [-0.2, -0.15) is 0 Å². The number of hydrogen-bond acceptors (Lipinski definition) is 9. The highest BCUT2D eigenvalue weighted by Gasteiger charge is 2.33. The minimum Gasteiger partial charge on any atom is -0.463 e. The van der Waals surface area contributed by atoms with E-state index in [2.05, 4.69) is 9.89 Å². The Balaban J connectivity index is 1.70. The Morgan fingerprint density at radius 1 is 1.20 bits per heavy atom. The molecule has 0 N–H and O–H groups in total. The molecular weight excluding hydrogens is 548 g/mol. The predicted octanol–water partition coefficient (Wildman–Crippen LogP) is 4.42. The number of non-ortho nitro benzene ring substituents is 1. The summed E-state index contributed by atoms with van der Waals surface area (Å²) in [6.07, 6.45) is 6.95. The van der Waals surface area contributed by atoms with Crippen molar-refractivity contribution in [3.8, 4) is 0 Å². The van der Waals surface area contributed by atoms with Crippen molar-refractivity contribution in [3.05, 3.63) is 94.7 Å². The van der Waals surface area contributed by atoms with Crippen LogP contribution in [0.2, 0.25) is 0 Å². The number of allylic oxidation sites excluding steroid dienone is 1. The summed E-state index contributed by atoms with van der Waals surface area (Å²) in [6, 6.07) is 11.9. The maximum atomic E-state index is 14.0. The van der Waals surface area contributed by atoms with E-state index in [9.17, 15) is 19.7 Å². The van der Waals surface area contributed by atoms with Gasteiger partial charge in [-0.1, -0.05) is 23.5 Å². The zero-order chi connectivity index (χ0) is 28.4. The van der Waals surface area contributed by atoms with E-state index in [4.69, 9.17) is 4.74 Å². The highest BCUT2D eigenvalue weighted by atomic mass is 32.2. The molecule has 2 aliphatic rings. The van der Waals surface area contributed by atoms with Gasteiger partial charge in [0.2, 0.25) is 0 Å². The molecule has 40 heavy (non-hydrogen) atoms. The first-order valence-corrected chi connectivity index (χ1v) is 15.2. The van der Waals surface area contributed by atoms with Crippen LogP contribution in [-0.2, 0) is 9.53 Å². The van der Waals surface area contributed by atoms with Crippen LogP contribution in [0.15, 0.2) is 68.4 Å². The van der Waals surface area contributed by atoms with E-state index in [1.807, 2.05) is 30.5 Å². The summed E-state index contributed by atoms with van der Waals surface area (Å²) in [6.45, 7) is 5.40. The number of thioether (sulfide) groups is 1. The molecule has 1 atom stereocenters. The first-order chi connectivity index (χ1) is 19.3. The number of nitro groups is 1. The molecule has 0 saturated carbocycles. The second-order valence-electron chi connectivity index (χ2n) is 9.62. The lowest BCUT2D eigenvalue weighted by molar-refractivity contribution is -0.384. The van der Waals surface area contributed by atoms with Crippen molar-refractivity contribution in [2.24, 2.45) is 4.99 Å². The van der Waals surface area contributed by atoms with E-state index in [1.165, 1.54) is 23.5 Å². The number of rotatable bonds is 7. The molecule has 9 nitrogen and oxygen atoms in total. The standard InChI is InChI=1S/C29H30N4O5S2/c1-4-38-28(35)25-18(2)30-29-32(26(25)19-8-11-22(39-3)12-9-19)27(34)24(40-29)17-20-16-21(33(36)37)10-13-23(20)31-14-6-5-7-15-31/h8-13,16-17,26H,4-7,14-15H2,1-3H3/b24-17+/t26-/m0/s1. The molecule has 2 aromatic carbocycles. The minimum atomic E-state index is -0.708. The fraction of sp³-hybridized carbons (Fsp3) is 0.345. The summed E-state index contributed by atoms with van der Waals surface area (Å²) >= 11 is 2.82. The number of anilines is 1. The maximum absolute atomic E-state index is 14.0. The molecule has 1 saturated heterocycles. The van der Waals surface area contributed by atoms with Crippen LogP contribution in [0.1, 0.15) is 50.3 Å². The smallest absolute Gasteiger partial charge is 0.338 e. The summed E-state index contributed by atoms with van der Waals surface area (Å²) in [4.78, 5) is 46.7. The Morgan fingerprint density at radius 3 is 2.58 bits per heavy atom. The fourth-order valence-electron chi connectivity index (χ4n) is 5.23. The lowest BCUT2D eigenvalue weighted by Gasteiger charge is -2.30. The first-order valence-electron chi connectivity index (χ1n) is 13.2. The number of nitrogens with zero attached hydrogens (tertiary/aromatic N) is 4.